The fraction of sp³-hybridized carbons (Fsp3) is 0.484. The second kappa shape index (κ2) is 14.4. The molecule has 1 fully saturated rings. The summed E-state index contributed by atoms with van der Waals surface area (Å²) < 4.78 is 35.3. The summed E-state index contributed by atoms with van der Waals surface area (Å²) in [6, 6.07) is 14.7. The van der Waals surface area contributed by atoms with Gasteiger partial charge in [-0.15, -0.1) is 6.58 Å². The average molecular weight is 601 g/mol. The van der Waals surface area contributed by atoms with E-state index < -0.39 is 41.5 Å². The molecule has 1 amide bonds. The second-order valence-corrected chi connectivity index (χ2v) is 11.9. The van der Waals surface area contributed by atoms with E-state index in [-0.39, 0.29) is 26.4 Å². The molecule has 10 nitrogen and oxygen atoms in total. The molecule has 1 N–H and O–H groups in total. The van der Waals surface area contributed by atoms with Crippen LogP contribution in [0.25, 0.3) is 0 Å². The van der Waals surface area contributed by atoms with Crippen LogP contribution in [-0.4, -0.2) is 84.0 Å². The van der Waals surface area contributed by atoms with Crippen molar-refractivity contribution in [1.29, 1.82) is 0 Å². The third kappa shape index (κ3) is 8.05. The first-order chi connectivity index (χ1) is 20.1. The van der Waals surface area contributed by atoms with Gasteiger partial charge in [-0.1, -0.05) is 42.1 Å². The standard InChI is InChI=1S/C31H40N2O8S/c1-7-16-33(30(35)41-31(2,3)4)29-32-25-27(39-19-21-10-14-23(37-6)15-11-21)26(24(17-34)40-28(25)42-29)38-18-20-8-12-22(36-5)13-9-20/h7-15,24-28,34H,1,16-19H2,2-6H3/t24-,25-,26-,27-,28-/m1/s1. The molecule has 0 bridgehead atoms. The Morgan fingerprint density at radius 2 is 1.55 bits per heavy atom. The number of ether oxygens (including phenoxy) is 6. The van der Waals surface area contributed by atoms with Crippen molar-refractivity contribution in [3.8, 4) is 11.5 Å². The predicted octanol–water partition coefficient (Wildman–Crippen LogP) is 4.79. The zero-order valence-electron chi connectivity index (χ0n) is 24.7. The van der Waals surface area contributed by atoms with Crippen LogP contribution in [0.4, 0.5) is 4.79 Å². The van der Waals surface area contributed by atoms with Crippen LogP contribution in [0.2, 0.25) is 0 Å². The van der Waals surface area contributed by atoms with Gasteiger partial charge in [-0.2, -0.15) is 0 Å². The van der Waals surface area contributed by atoms with Crippen LogP contribution in [0.3, 0.4) is 0 Å². The van der Waals surface area contributed by atoms with E-state index in [1.54, 1.807) is 20.3 Å². The molecule has 0 unspecified atom stereocenters. The summed E-state index contributed by atoms with van der Waals surface area (Å²) in [5, 5.41) is 10.8. The number of aliphatic hydroxyl groups is 1. The molecule has 2 aliphatic heterocycles. The Kier molecular flexibility index (Phi) is 10.9. The van der Waals surface area contributed by atoms with Gasteiger partial charge in [-0.3, -0.25) is 9.89 Å². The molecule has 5 atom stereocenters. The fourth-order valence-electron chi connectivity index (χ4n) is 4.57. The lowest BCUT2D eigenvalue weighted by Gasteiger charge is -2.42. The molecule has 1 saturated heterocycles. The number of rotatable bonds is 11. The maximum atomic E-state index is 13.1. The minimum atomic E-state index is -0.685. The number of aliphatic imine (C=N–C) groups is 1. The number of aliphatic hydroxyl groups excluding tert-OH is 1. The number of nitrogens with zero attached hydrogens (tertiary/aromatic N) is 2. The third-order valence-electron chi connectivity index (χ3n) is 6.64. The maximum absolute atomic E-state index is 13.1. The topological polar surface area (TPSA) is 108 Å². The number of methoxy groups -OCH3 is 2. The number of fused-ring (bicyclic) bond motifs is 1. The number of hydrogen-bond donors (Lipinski definition) is 1. The van der Waals surface area contributed by atoms with Gasteiger partial charge in [0.25, 0.3) is 0 Å². The summed E-state index contributed by atoms with van der Waals surface area (Å²) in [4.78, 5) is 19.4. The highest BCUT2D eigenvalue weighted by Crippen LogP contribution is 2.40. The minimum absolute atomic E-state index is 0.207. The van der Waals surface area contributed by atoms with Crippen molar-refractivity contribution in [1.82, 2.24) is 4.90 Å². The summed E-state index contributed by atoms with van der Waals surface area (Å²) in [5.74, 6) is 1.49. The molecule has 42 heavy (non-hydrogen) atoms. The monoisotopic (exact) mass is 600 g/mol. The predicted molar refractivity (Wildman–Crippen MR) is 161 cm³/mol. The van der Waals surface area contributed by atoms with Crippen LogP contribution in [0, 0.1) is 0 Å². The number of carbonyl (C=O) groups is 1. The summed E-state index contributed by atoms with van der Waals surface area (Å²) >= 11 is 1.30. The van der Waals surface area contributed by atoms with Crippen molar-refractivity contribution in [2.75, 3.05) is 27.4 Å². The number of amides is 1. The molecule has 2 aromatic rings. The molecule has 0 saturated carbocycles. The Balaban J connectivity index is 1.61. The Morgan fingerprint density at radius 3 is 2.02 bits per heavy atom. The van der Waals surface area contributed by atoms with Crippen LogP contribution < -0.4 is 9.47 Å². The number of hydrogen-bond acceptors (Lipinski definition) is 10. The SMILES string of the molecule is C=CCN(C(=O)OC(C)(C)C)C1=N[C@@H]2[C@@H](OCc3ccc(OC)cc3)[C@H](OCc3ccc(OC)cc3)[C@@H](CO)O[C@@H]2S1. The molecule has 0 radical (unpaired) electrons. The minimum Gasteiger partial charge on any atom is -0.497 e. The van der Waals surface area contributed by atoms with Crippen molar-refractivity contribution in [2.45, 2.75) is 69.4 Å². The van der Waals surface area contributed by atoms with Crippen molar-refractivity contribution >= 4 is 23.0 Å². The quantitative estimate of drug-likeness (QED) is 0.365. The number of amidine groups is 1. The van der Waals surface area contributed by atoms with Crippen LogP contribution in [-0.2, 0) is 32.2 Å². The van der Waals surface area contributed by atoms with E-state index >= 15 is 0 Å². The van der Waals surface area contributed by atoms with Crippen molar-refractivity contribution < 1.29 is 38.3 Å². The van der Waals surface area contributed by atoms with Crippen LogP contribution in [0.1, 0.15) is 31.9 Å². The second-order valence-electron chi connectivity index (χ2n) is 10.9. The zero-order chi connectivity index (χ0) is 30.3. The number of thioether (sulfide) groups is 1. The summed E-state index contributed by atoms with van der Waals surface area (Å²) in [6.45, 7) is 9.68. The van der Waals surface area contributed by atoms with E-state index in [9.17, 15) is 9.90 Å². The van der Waals surface area contributed by atoms with Crippen LogP contribution in [0.5, 0.6) is 11.5 Å². The molecular weight excluding hydrogens is 560 g/mol. The molecule has 0 aliphatic carbocycles. The van der Waals surface area contributed by atoms with Crippen molar-refractivity contribution in [3.63, 3.8) is 0 Å². The highest BCUT2D eigenvalue weighted by molar-refractivity contribution is 8.14. The molecule has 0 aromatic heterocycles. The highest BCUT2D eigenvalue weighted by atomic mass is 32.2. The number of carbonyl (C=O) groups excluding carboxylic acids is 1. The first-order valence-corrected chi connectivity index (χ1v) is 14.6. The Hall–Kier alpha value is -3.09. The fourth-order valence-corrected chi connectivity index (χ4v) is 5.79. The number of benzene rings is 2. The first-order valence-electron chi connectivity index (χ1n) is 13.8. The Labute approximate surface area is 251 Å². The smallest absolute Gasteiger partial charge is 0.416 e. The Morgan fingerprint density at radius 1 is 1.00 bits per heavy atom. The molecule has 11 heteroatoms. The highest BCUT2D eigenvalue weighted by Gasteiger charge is 2.51. The average Bonchev–Trinajstić information content (AvgIpc) is 3.40. The van der Waals surface area contributed by atoms with Gasteiger partial charge in [0.05, 0.1) is 34.0 Å². The van der Waals surface area contributed by atoms with Gasteiger partial charge in [0, 0.05) is 6.54 Å². The summed E-state index contributed by atoms with van der Waals surface area (Å²) in [6.07, 6.45) is -0.828. The molecule has 2 heterocycles. The summed E-state index contributed by atoms with van der Waals surface area (Å²) in [7, 11) is 3.24. The molecular formula is C31H40N2O8S. The van der Waals surface area contributed by atoms with Gasteiger partial charge in [0.15, 0.2) is 5.17 Å². The normalized spacial score (nSPS) is 23.5. The lowest BCUT2D eigenvalue weighted by Crippen LogP contribution is -2.57. The van der Waals surface area contributed by atoms with Gasteiger partial charge in [-0.25, -0.2) is 4.79 Å². The molecule has 2 aromatic carbocycles. The largest absolute Gasteiger partial charge is 0.497 e. The molecule has 2 aliphatic rings. The van der Waals surface area contributed by atoms with Crippen LogP contribution in [0.15, 0.2) is 66.2 Å². The van der Waals surface area contributed by atoms with Gasteiger partial charge in [0.2, 0.25) is 0 Å². The van der Waals surface area contributed by atoms with E-state index in [2.05, 4.69) is 6.58 Å². The lowest BCUT2D eigenvalue weighted by atomic mass is 9.97. The Bertz CT molecular complexity index is 1210. The van der Waals surface area contributed by atoms with Crippen molar-refractivity contribution in [3.05, 3.63) is 72.3 Å². The van der Waals surface area contributed by atoms with E-state index in [0.29, 0.717) is 5.17 Å². The van der Waals surface area contributed by atoms with E-state index in [4.69, 9.17) is 33.4 Å². The maximum Gasteiger partial charge on any atom is 0.416 e. The van der Waals surface area contributed by atoms with Crippen molar-refractivity contribution in [2.24, 2.45) is 4.99 Å². The first kappa shape index (κ1) is 31.8. The molecule has 228 valence electrons. The van der Waals surface area contributed by atoms with Gasteiger partial charge < -0.3 is 33.5 Å². The lowest BCUT2D eigenvalue weighted by molar-refractivity contribution is -0.205. The van der Waals surface area contributed by atoms with E-state index in [0.717, 1.165) is 22.6 Å². The van der Waals surface area contributed by atoms with Crippen LogP contribution >= 0.6 is 11.8 Å². The van der Waals surface area contributed by atoms with Gasteiger partial charge in [0.1, 0.15) is 46.9 Å². The van der Waals surface area contributed by atoms with Gasteiger partial charge >= 0.3 is 6.09 Å². The third-order valence-corrected chi connectivity index (χ3v) is 7.79. The van der Waals surface area contributed by atoms with Gasteiger partial charge in [-0.05, 0) is 56.2 Å². The molecule has 0 spiro atoms. The van der Waals surface area contributed by atoms with E-state index in [1.807, 2.05) is 69.3 Å². The zero-order valence-corrected chi connectivity index (χ0v) is 25.5. The van der Waals surface area contributed by atoms with E-state index in [1.165, 1.54) is 16.7 Å². The summed E-state index contributed by atoms with van der Waals surface area (Å²) in [5.41, 5.74) is 0.671. The molecule has 4 rings (SSSR count).